The Bertz CT molecular complexity index is 533. The third kappa shape index (κ3) is 4.52. The molecule has 0 aliphatic rings. The van der Waals surface area contributed by atoms with Crippen molar-refractivity contribution in [1.29, 1.82) is 0 Å². The highest BCUT2D eigenvalue weighted by atomic mass is 32.2. The first kappa shape index (κ1) is 15.4. The zero-order valence-electron chi connectivity index (χ0n) is 12.0. The zero-order valence-corrected chi connectivity index (χ0v) is 12.8. The lowest BCUT2D eigenvalue weighted by molar-refractivity contribution is 1.04. The normalized spacial score (nSPS) is 9.47. The molecule has 0 N–H and O–H groups in total. The molecule has 0 radical (unpaired) electrons. The van der Waals surface area contributed by atoms with Crippen molar-refractivity contribution >= 4 is 11.8 Å². The second-order valence-electron chi connectivity index (χ2n) is 4.09. The third-order valence-electron chi connectivity index (χ3n) is 2.46. The smallest absolute Gasteiger partial charge is 0.125 e. The predicted octanol–water partition coefficient (Wildman–Crippen LogP) is 4.67. The van der Waals surface area contributed by atoms with Crippen LogP contribution < -0.4 is 0 Å². The molecule has 0 fully saturated rings. The van der Waals surface area contributed by atoms with E-state index in [1.54, 1.807) is 17.8 Å². The molecule has 100 valence electrons. The highest BCUT2D eigenvalue weighted by Crippen LogP contribution is 2.23. The summed E-state index contributed by atoms with van der Waals surface area (Å²) in [5, 5.41) is 0. The Morgan fingerprint density at radius 1 is 1.16 bits per heavy atom. The predicted molar refractivity (Wildman–Crippen MR) is 84.6 cm³/mol. The van der Waals surface area contributed by atoms with Crippen LogP contribution >= 0.6 is 11.8 Å². The van der Waals surface area contributed by atoms with Gasteiger partial charge in [-0.05, 0) is 44.7 Å². The van der Waals surface area contributed by atoms with E-state index in [1.165, 1.54) is 4.90 Å². The van der Waals surface area contributed by atoms with Crippen molar-refractivity contribution in [2.24, 2.45) is 0 Å². The molecule has 0 saturated heterocycles. The van der Waals surface area contributed by atoms with Crippen LogP contribution in [0.1, 0.15) is 18.3 Å². The van der Waals surface area contributed by atoms with Gasteiger partial charge in [-0.15, -0.1) is 18.3 Å². The minimum absolute atomic E-state index is 0.814. The van der Waals surface area contributed by atoms with E-state index < -0.39 is 0 Å². The van der Waals surface area contributed by atoms with Gasteiger partial charge in [-0.25, -0.2) is 9.97 Å². The fourth-order valence-corrected chi connectivity index (χ4v) is 1.98. The van der Waals surface area contributed by atoms with Gasteiger partial charge in [0.15, 0.2) is 0 Å². The minimum Gasteiger partial charge on any atom is -0.241 e. The fraction of sp³-hybridized carbons (Fsp3) is 0.250. The molecular weight excluding hydrogens is 252 g/mol. The molecule has 3 heteroatoms. The first-order valence-electron chi connectivity index (χ1n) is 6.14. The summed E-state index contributed by atoms with van der Waals surface area (Å²) in [6.07, 6.45) is 5.70. The minimum atomic E-state index is 0.814. The van der Waals surface area contributed by atoms with Gasteiger partial charge < -0.3 is 0 Å². The van der Waals surface area contributed by atoms with Crippen molar-refractivity contribution in [2.75, 3.05) is 6.26 Å². The highest BCUT2D eigenvalue weighted by molar-refractivity contribution is 7.98. The standard InChI is InChI=1S/C13H14N2S.C3H6/c1-9-8-14-10(2)15-13(9)11-4-6-12(16-3)7-5-11;1-3-2/h4-8H,1-3H3;3H,1H2,2H3. The van der Waals surface area contributed by atoms with Crippen molar-refractivity contribution in [3.05, 3.63) is 54.5 Å². The SMILES string of the molecule is C=CC.CSc1ccc(-c2nc(C)ncc2C)cc1. The molecule has 0 spiro atoms. The summed E-state index contributed by atoms with van der Waals surface area (Å²) < 4.78 is 0. The molecule has 2 rings (SSSR count). The number of allylic oxidation sites excluding steroid dienone is 1. The molecule has 1 aromatic carbocycles. The number of rotatable bonds is 2. The number of nitrogens with zero attached hydrogens (tertiary/aromatic N) is 2. The van der Waals surface area contributed by atoms with E-state index >= 15 is 0 Å². The molecule has 0 saturated carbocycles. The summed E-state index contributed by atoms with van der Waals surface area (Å²) in [5.41, 5.74) is 3.29. The number of hydrogen-bond donors (Lipinski definition) is 0. The second kappa shape index (κ2) is 7.74. The van der Waals surface area contributed by atoms with Crippen LogP contribution in [0.4, 0.5) is 0 Å². The maximum absolute atomic E-state index is 4.48. The van der Waals surface area contributed by atoms with E-state index in [0.717, 1.165) is 22.6 Å². The molecular formula is C16H20N2S. The average molecular weight is 272 g/mol. The molecule has 0 aliphatic carbocycles. The van der Waals surface area contributed by atoms with Crippen molar-refractivity contribution in [1.82, 2.24) is 9.97 Å². The first-order valence-corrected chi connectivity index (χ1v) is 7.36. The maximum atomic E-state index is 4.48. The van der Waals surface area contributed by atoms with Crippen LogP contribution in [0.25, 0.3) is 11.3 Å². The van der Waals surface area contributed by atoms with Crippen LogP contribution in [-0.2, 0) is 0 Å². The van der Waals surface area contributed by atoms with E-state index in [9.17, 15) is 0 Å². The van der Waals surface area contributed by atoms with Gasteiger partial charge in [-0.3, -0.25) is 0 Å². The number of hydrogen-bond acceptors (Lipinski definition) is 3. The number of aryl methyl sites for hydroxylation is 2. The van der Waals surface area contributed by atoms with Gasteiger partial charge in [0, 0.05) is 16.7 Å². The van der Waals surface area contributed by atoms with E-state index in [2.05, 4.69) is 47.1 Å². The Hall–Kier alpha value is -1.61. The summed E-state index contributed by atoms with van der Waals surface area (Å²) in [4.78, 5) is 9.93. The van der Waals surface area contributed by atoms with Gasteiger partial charge in [-0.2, -0.15) is 0 Å². The molecule has 0 atom stereocenters. The first-order chi connectivity index (χ1) is 9.12. The molecule has 0 unspecified atom stereocenters. The van der Waals surface area contributed by atoms with Gasteiger partial charge in [0.25, 0.3) is 0 Å². The van der Waals surface area contributed by atoms with Crippen LogP contribution in [0.15, 0.2) is 48.0 Å². The van der Waals surface area contributed by atoms with Crippen LogP contribution in [0.2, 0.25) is 0 Å². The van der Waals surface area contributed by atoms with E-state index in [0.29, 0.717) is 0 Å². The molecule has 2 aromatic rings. The Morgan fingerprint density at radius 2 is 1.74 bits per heavy atom. The monoisotopic (exact) mass is 272 g/mol. The van der Waals surface area contributed by atoms with Crippen LogP contribution in [0.5, 0.6) is 0 Å². The third-order valence-corrected chi connectivity index (χ3v) is 3.20. The fourth-order valence-electron chi connectivity index (χ4n) is 1.57. The Labute approximate surface area is 120 Å². The highest BCUT2D eigenvalue weighted by Gasteiger charge is 2.04. The van der Waals surface area contributed by atoms with Gasteiger partial charge in [0.05, 0.1) is 5.69 Å². The van der Waals surface area contributed by atoms with Crippen molar-refractivity contribution in [3.8, 4) is 11.3 Å². The topological polar surface area (TPSA) is 25.8 Å². The Morgan fingerprint density at radius 3 is 2.26 bits per heavy atom. The number of benzene rings is 1. The quantitative estimate of drug-likeness (QED) is 0.586. The molecule has 0 bridgehead atoms. The van der Waals surface area contributed by atoms with Gasteiger partial charge in [-0.1, -0.05) is 18.2 Å². The zero-order chi connectivity index (χ0) is 14.3. The lowest BCUT2D eigenvalue weighted by Gasteiger charge is -2.06. The molecule has 1 heterocycles. The Balaban J connectivity index is 0.000000550. The van der Waals surface area contributed by atoms with E-state index in [4.69, 9.17) is 0 Å². The summed E-state index contributed by atoms with van der Waals surface area (Å²) >= 11 is 1.75. The molecule has 0 amide bonds. The van der Waals surface area contributed by atoms with E-state index in [1.807, 2.05) is 27.0 Å². The van der Waals surface area contributed by atoms with Gasteiger partial charge in [0.2, 0.25) is 0 Å². The summed E-state index contributed by atoms with van der Waals surface area (Å²) in [5.74, 6) is 0.814. The van der Waals surface area contributed by atoms with Crippen molar-refractivity contribution in [3.63, 3.8) is 0 Å². The average Bonchev–Trinajstić information content (AvgIpc) is 2.43. The van der Waals surface area contributed by atoms with Crippen molar-refractivity contribution in [2.45, 2.75) is 25.7 Å². The van der Waals surface area contributed by atoms with Gasteiger partial charge >= 0.3 is 0 Å². The summed E-state index contributed by atoms with van der Waals surface area (Å²) in [7, 11) is 0. The molecule has 19 heavy (non-hydrogen) atoms. The Kier molecular flexibility index (Phi) is 6.30. The summed E-state index contributed by atoms with van der Waals surface area (Å²) in [6.45, 7) is 9.20. The van der Waals surface area contributed by atoms with Crippen molar-refractivity contribution < 1.29 is 0 Å². The van der Waals surface area contributed by atoms with Crippen LogP contribution in [0, 0.1) is 13.8 Å². The summed E-state index contributed by atoms with van der Waals surface area (Å²) in [6, 6.07) is 8.47. The van der Waals surface area contributed by atoms with E-state index in [-0.39, 0.29) is 0 Å². The number of aromatic nitrogens is 2. The lowest BCUT2D eigenvalue weighted by atomic mass is 10.1. The van der Waals surface area contributed by atoms with Crippen LogP contribution in [0.3, 0.4) is 0 Å². The van der Waals surface area contributed by atoms with Gasteiger partial charge in [0.1, 0.15) is 5.82 Å². The molecule has 1 aromatic heterocycles. The molecule has 2 nitrogen and oxygen atoms in total. The maximum Gasteiger partial charge on any atom is 0.125 e. The second-order valence-corrected chi connectivity index (χ2v) is 4.97. The molecule has 0 aliphatic heterocycles. The number of thioether (sulfide) groups is 1. The van der Waals surface area contributed by atoms with Crippen LogP contribution in [-0.4, -0.2) is 16.2 Å². The largest absolute Gasteiger partial charge is 0.241 e. The lowest BCUT2D eigenvalue weighted by Crippen LogP contribution is -1.94.